The number of rotatable bonds is 5. The summed E-state index contributed by atoms with van der Waals surface area (Å²) in [6.07, 6.45) is 4.26. The Morgan fingerprint density at radius 2 is 2.50 bits per heavy atom. The lowest BCUT2D eigenvalue weighted by Crippen LogP contribution is -2.42. The van der Waals surface area contributed by atoms with Crippen LogP contribution in [-0.4, -0.2) is 29.5 Å². The fraction of sp³-hybridized carbons (Fsp3) is 0.900. The van der Waals surface area contributed by atoms with Crippen LogP contribution in [-0.2, 0) is 4.79 Å². The summed E-state index contributed by atoms with van der Waals surface area (Å²) in [5, 5.41) is 3.54. The second-order valence-electron chi connectivity index (χ2n) is 3.78. The smallest absolute Gasteiger partial charge is 0.236 e. The summed E-state index contributed by atoms with van der Waals surface area (Å²) in [6.45, 7) is 2.83. The zero-order valence-electron chi connectivity index (χ0n) is 8.79. The SMILES string of the molecule is CCCC(N)C(=O)NCC1CCCS1. The Labute approximate surface area is 90.2 Å². The third-order valence-corrected chi connectivity index (χ3v) is 3.86. The Balaban J connectivity index is 2.13. The van der Waals surface area contributed by atoms with Crippen molar-refractivity contribution in [2.24, 2.45) is 5.73 Å². The molecule has 1 rings (SSSR count). The van der Waals surface area contributed by atoms with Gasteiger partial charge in [0, 0.05) is 11.8 Å². The Bertz CT molecular complexity index is 181. The van der Waals surface area contributed by atoms with Gasteiger partial charge in [-0.15, -0.1) is 0 Å². The molecule has 0 radical (unpaired) electrons. The molecule has 0 spiro atoms. The molecule has 14 heavy (non-hydrogen) atoms. The minimum absolute atomic E-state index is 0.0133. The number of nitrogens with two attached hydrogens (primary N) is 1. The molecule has 0 saturated carbocycles. The number of nitrogens with one attached hydrogen (secondary N) is 1. The Morgan fingerprint density at radius 3 is 3.07 bits per heavy atom. The van der Waals surface area contributed by atoms with Crippen LogP contribution in [0.5, 0.6) is 0 Å². The Kier molecular flexibility index (Phi) is 5.33. The zero-order chi connectivity index (χ0) is 10.4. The van der Waals surface area contributed by atoms with Crippen molar-refractivity contribution in [1.82, 2.24) is 5.32 Å². The van der Waals surface area contributed by atoms with Crippen molar-refractivity contribution < 1.29 is 4.79 Å². The molecule has 3 nitrogen and oxygen atoms in total. The summed E-state index contributed by atoms with van der Waals surface area (Å²) in [5.74, 6) is 1.25. The Morgan fingerprint density at radius 1 is 1.71 bits per heavy atom. The lowest BCUT2D eigenvalue weighted by atomic mass is 10.1. The molecule has 0 bridgehead atoms. The second-order valence-corrected chi connectivity index (χ2v) is 5.18. The average molecular weight is 216 g/mol. The van der Waals surface area contributed by atoms with E-state index in [2.05, 4.69) is 5.32 Å². The van der Waals surface area contributed by atoms with E-state index in [1.807, 2.05) is 18.7 Å². The molecular weight excluding hydrogens is 196 g/mol. The number of amides is 1. The molecular formula is C10H20N2OS. The predicted molar refractivity (Wildman–Crippen MR) is 61.4 cm³/mol. The van der Waals surface area contributed by atoms with Gasteiger partial charge in [-0.1, -0.05) is 13.3 Å². The molecule has 0 aromatic carbocycles. The molecule has 0 aromatic heterocycles. The largest absolute Gasteiger partial charge is 0.354 e. The lowest BCUT2D eigenvalue weighted by Gasteiger charge is -2.13. The molecule has 1 aliphatic heterocycles. The molecule has 2 atom stereocenters. The van der Waals surface area contributed by atoms with Crippen LogP contribution in [0.4, 0.5) is 0 Å². The maximum Gasteiger partial charge on any atom is 0.236 e. The highest BCUT2D eigenvalue weighted by molar-refractivity contribution is 8.00. The fourth-order valence-corrected chi connectivity index (χ4v) is 2.79. The molecule has 1 fully saturated rings. The molecule has 1 saturated heterocycles. The second kappa shape index (κ2) is 6.30. The van der Waals surface area contributed by atoms with Crippen LogP contribution < -0.4 is 11.1 Å². The monoisotopic (exact) mass is 216 g/mol. The molecule has 1 aliphatic rings. The third-order valence-electron chi connectivity index (χ3n) is 2.46. The van der Waals surface area contributed by atoms with Gasteiger partial charge in [-0.25, -0.2) is 0 Å². The normalized spacial score (nSPS) is 23.4. The molecule has 1 heterocycles. The number of carbonyl (C=O) groups is 1. The molecule has 3 N–H and O–H groups in total. The fourth-order valence-electron chi connectivity index (χ4n) is 1.59. The van der Waals surface area contributed by atoms with Gasteiger partial charge in [-0.05, 0) is 25.0 Å². The predicted octanol–water partition coefficient (Wildman–Crippen LogP) is 1.13. The van der Waals surface area contributed by atoms with Gasteiger partial charge < -0.3 is 11.1 Å². The van der Waals surface area contributed by atoms with E-state index in [0.29, 0.717) is 5.25 Å². The first-order valence-corrected chi connectivity index (χ1v) is 6.43. The van der Waals surface area contributed by atoms with Gasteiger partial charge in [0.25, 0.3) is 0 Å². The summed E-state index contributed by atoms with van der Waals surface area (Å²) in [7, 11) is 0. The molecule has 2 unspecified atom stereocenters. The first-order valence-electron chi connectivity index (χ1n) is 5.39. The Hall–Kier alpha value is -0.220. The highest BCUT2D eigenvalue weighted by atomic mass is 32.2. The van der Waals surface area contributed by atoms with Crippen molar-refractivity contribution in [1.29, 1.82) is 0 Å². The van der Waals surface area contributed by atoms with E-state index in [-0.39, 0.29) is 11.9 Å². The van der Waals surface area contributed by atoms with Crippen molar-refractivity contribution >= 4 is 17.7 Å². The van der Waals surface area contributed by atoms with Gasteiger partial charge in [0.1, 0.15) is 0 Å². The summed E-state index contributed by atoms with van der Waals surface area (Å²) in [4.78, 5) is 11.4. The van der Waals surface area contributed by atoms with Crippen LogP contribution in [0.2, 0.25) is 0 Å². The van der Waals surface area contributed by atoms with E-state index in [1.54, 1.807) is 0 Å². The minimum atomic E-state index is -0.314. The summed E-state index contributed by atoms with van der Waals surface area (Å²) in [6, 6.07) is -0.314. The summed E-state index contributed by atoms with van der Waals surface area (Å²) < 4.78 is 0. The molecule has 1 amide bonds. The molecule has 0 aliphatic carbocycles. The van der Waals surface area contributed by atoms with Crippen molar-refractivity contribution in [3.8, 4) is 0 Å². The quantitative estimate of drug-likeness (QED) is 0.724. The number of carbonyl (C=O) groups excluding carboxylic acids is 1. The average Bonchev–Trinajstić information content (AvgIpc) is 2.67. The van der Waals surface area contributed by atoms with Crippen LogP contribution >= 0.6 is 11.8 Å². The third kappa shape index (κ3) is 3.88. The number of hydrogen-bond donors (Lipinski definition) is 2. The van der Waals surface area contributed by atoms with Crippen LogP contribution in [0.25, 0.3) is 0 Å². The van der Waals surface area contributed by atoms with E-state index in [9.17, 15) is 4.79 Å². The van der Waals surface area contributed by atoms with Crippen LogP contribution in [0.1, 0.15) is 32.6 Å². The van der Waals surface area contributed by atoms with Gasteiger partial charge in [0.2, 0.25) is 5.91 Å². The van der Waals surface area contributed by atoms with Crippen molar-refractivity contribution in [2.45, 2.75) is 43.9 Å². The van der Waals surface area contributed by atoms with E-state index in [4.69, 9.17) is 5.73 Å². The molecule has 4 heteroatoms. The van der Waals surface area contributed by atoms with Crippen molar-refractivity contribution in [3.63, 3.8) is 0 Å². The summed E-state index contributed by atoms with van der Waals surface area (Å²) >= 11 is 1.95. The van der Waals surface area contributed by atoms with Gasteiger partial charge >= 0.3 is 0 Å². The number of hydrogen-bond acceptors (Lipinski definition) is 3. The van der Waals surface area contributed by atoms with E-state index < -0.39 is 0 Å². The zero-order valence-corrected chi connectivity index (χ0v) is 9.61. The van der Waals surface area contributed by atoms with Gasteiger partial charge in [0.15, 0.2) is 0 Å². The minimum Gasteiger partial charge on any atom is -0.354 e. The molecule has 82 valence electrons. The first-order chi connectivity index (χ1) is 6.74. The highest BCUT2D eigenvalue weighted by Gasteiger charge is 2.18. The lowest BCUT2D eigenvalue weighted by molar-refractivity contribution is -0.122. The molecule has 0 aromatic rings. The van der Waals surface area contributed by atoms with Gasteiger partial charge in [0.05, 0.1) is 6.04 Å². The highest BCUT2D eigenvalue weighted by Crippen LogP contribution is 2.25. The summed E-state index contributed by atoms with van der Waals surface area (Å²) in [5.41, 5.74) is 5.69. The van der Waals surface area contributed by atoms with Crippen molar-refractivity contribution in [3.05, 3.63) is 0 Å². The van der Waals surface area contributed by atoms with Gasteiger partial charge in [-0.2, -0.15) is 11.8 Å². The topological polar surface area (TPSA) is 55.1 Å². The van der Waals surface area contributed by atoms with Crippen molar-refractivity contribution in [2.75, 3.05) is 12.3 Å². The van der Waals surface area contributed by atoms with E-state index in [1.165, 1.54) is 18.6 Å². The van der Waals surface area contributed by atoms with Crippen LogP contribution in [0.3, 0.4) is 0 Å². The van der Waals surface area contributed by atoms with Gasteiger partial charge in [-0.3, -0.25) is 4.79 Å². The van der Waals surface area contributed by atoms with E-state index in [0.717, 1.165) is 19.4 Å². The maximum atomic E-state index is 11.4. The number of thioether (sulfide) groups is 1. The standard InChI is InChI=1S/C10H20N2OS/c1-2-4-9(11)10(13)12-7-8-5-3-6-14-8/h8-9H,2-7,11H2,1H3,(H,12,13). The van der Waals surface area contributed by atoms with Crippen LogP contribution in [0.15, 0.2) is 0 Å². The van der Waals surface area contributed by atoms with E-state index >= 15 is 0 Å². The maximum absolute atomic E-state index is 11.4. The first kappa shape index (κ1) is 11.9. The van der Waals surface area contributed by atoms with Crippen LogP contribution in [0, 0.1) is 0 Å².